The van der Waals surface area contributed by atoms with Crippen LogP contribution in [0.15, 0.2) is 41.0 Å². The fraction of sp³-hybridized carbons (Fsp3) is 0.267. The van der Waals surface area contributed by atoms with Crippen molar-refractivity contribution in [3.8, 4) is 11.3 Å². The Kier molecular flexibility index (Phi) is 4.89. The number of aromatic nitrogens is 2. The predicted octanol–water partition coefficient (Wildman–Crippen LogP) is 2.83. The maximum atomic E-state index is 12.2. The average Bonchev–Trinajstić information content (AvgIpc) is 2.86. The maximum absolute atomic E-state index is 12.2. The number of carbonyl (C=O) groups is 1. The normalized spacial score (nSPS) is 18.2. The molecule has 1 aromatic heterocycles. The summed E-state index contributed by atoms with van der Waals surface area (Å²) in [5, 5.41) is 0. The van der Waals surface area contributed by atoms with Gasteiger partial charge in [-0.1, -0.05) is 28.1 Å². The van der Waals surface area contributed by atoms with Crippen molar-refractivity contribution in [3.05, 3.63) is 41.0 Å². The largest absolute Gasteiger partial charge is 0.280 e. The number of rotatable bonds is 4. The van der Waals surface area contributed by atoms with Gasteiger partial charge in [0.25, 0.3) is 0 Å². The maximum Gasteiger partial charge on any atom is 0.232 e. The Morgan fingerprint density at radius 1 is 1.25 bits per heavy atom. The quantitative estimate of drug-likeness (QED) is 0.697. The second-order valence-electron chi connectivity index (χ2n) is 5.53. The molecule has 0 aliphatic carbocycles. The Hall–Kier alpha value is -1.51. The molecule has 0 spiro atoms. The molecule has 1 saturated heterocycles. The molecule has 24 heavy (non-hydrogen) atoms. The lowest BCUT2D eigenvalue weighted by Gasteiger charge is -2.15. The Balaban J connectivity index is 1.84. The lowest BCUT2D eigenvalue weighted by Crippen LogP contribution is -2.27. The first-order valence-electron chi connectivity index (χ1n) is 7.13. The van der Waals surface area contributed by atoms with Crippen LogP contribution in [0.3, 0.4) is 0 Å². The number of anilines is 1. The Bertz CT molecular complexity index is 874. The molecule has 0 saturated carbocycles. The summed E-state index contributed by atoms with van der Waals surface area (Å²) in [6.45, 7) is 0.245. The van der Waals surface area contributed by atoms with Crippen LogP contribution in [0, 0.1) is 5.92 Å². The molecule has 1 aliphatic heterocycles. The van der Waals surface area contributed by atoms with Crippen molar-refractivity contribution in [2.75, 3.05) is 17.2 Å². The van der Waals surface area contributed by atoms with Gasteiger partial charge in [-0.3, -0.25) is 9.69 Å². The highest BCUT2D eigenvalue weighted by atomic mass is 79.9. The Morgan fingerprint density at radius 3 is 2.62 bits per heavy atom. The van der Waals surface area contributed by atoms with Crippen LogP contribution < -0.4 is 4.90 Å². The van der Waals surface area contributed by atoms with Gasteiger partial charge >= 0.3 is 0 Å². The summed E-state index contributed by atoms with van der Waals surface area (Å²) in [5.74, 6) is -0.508. The van der Waals surface area contributed by atoms with E-state index in [1.165, 1.54) is 4.90 Å². The molecule has 3 rings (SSSR count). The molecule has 1 fully saturated rings. The van der Waals surface area contributed by atoms with Crippen molar-refractivity contribution >= 4 is 47.5 Å². The summed E-state index contributed by atoms with van der Waals surface area (Å²) in [6, 6.07) is 9.38. The molecule has 126 valence electrons. The van der Waals surface area contributed by atoms with E-state index in [4.69, 9.17) is 10.7 Å². The highest BCUT2D eigenvalue weighted by Gasteiger charge is 2.34. The van der Waals surface area contributed by atoms with E-state index < -0.39 is 9.05 Å². The minimum atomic E-state index is -3.64. The van der Waals surface area contributed by atoms with Crippen LogP contribution in [-0.4, -0.2) is 36.6 Å². The van der Waals surface area contributed by atoms with E-state index in [9.17, 15) is 13.2 Å². The first-order valence-corrected chi connectivity index (χ1v) is 10.4. The molecule has 1 amide bonds. The van der Waals surface area contributed by atoms with Gasteiger partial charge in [-0.15, -0.1) is 0 Å². The van der Waals surface area contributed by atoms with Crippen molar-refractivity contribution < 1.29 is 13.2 Å². The standard InChI is InChI=1S/C15H13BrClN3O3S/c16-12-3-1-11(2-4-12)13-5-6-18-15(19-13)20-8-10(7-14(20)21)9-24(17,22)23/h1-6,10H,7-9H2. The van der Waals surface area contributed by atoms with Gasteiger partial charge in [-0.2, -0.15) is 0 Å². The molecule has 0 radical (unpaired) electrons. The van der Waals surface area contributed by atoms with Crippen molar-refractivity contribution in [3.63, 3.8) is 0 Å². The molecule has 0 bridgehead atoms. The molecule has 2 heterocycles. The summed E-state index contributed by atoms with van der Waals surface area (Å²) in [5.41, 5.74) is 1.59. The zero-order valence-corrected chi connectivity index (χ0v) is 15.6. The second kappa shape index (κ2) is 6.78. The number of nitrogens with zero attached hydrogens (tertiary/aromatic N) is 3. The minimum Gasteiger partial charge on any atom is -0.280 e. The van der Waals surface area contributed by atoms with E-state index >= 15 is 0 Å². The van der Waals surface area contributed by atoms with Crippen molar-refractivity contribution in [1.29, 1.82) is 0 Å². The smallest absolute Gasteiger partial charge is 0.232 e. The van der Waals surface area contributed by atoms with Crippen LogP contribution in [0.5, 0.6) is 0 Å². The summed E-state index contributed by atoms with van der Waals surface area (Å²) in [7, 11) is 1.64. The van der Waals surface area contributed by atoms with Crippen molar-refractivity contribution in [1.82, 2.24) is 9.97 Å². The van der Waals surface area contributed by atoms with E-state index in [0.29, 0.717) is 5.69 Å². The number of halogens is 2. The summed E-state index contributed by atoms with van der Waals surface area (Å²) < 4.78 is 23.4. The molecule has 6 nitrogen and oxygen atoms in total. The van der Waals surface area contributed by atoms with Gasteiger partial charge in [-0.25, -0.2) is 18.4 Å². The third-order valence-corrected chi connectivity index (χ3v) is 5.44. The van der Waals surface area contributed by atoms with Gasteiger partial charge in [0.05, 0.1) is 11.4 Å². The zero-order chi connectivity index (χ0) is 17.3. The molecule has 2 aromatic rings. The number of carbonyl (C=O) groups excluding carboxylic acids is 1. The van der Waals surface area contributed by atoms with Crippen LogP contribution in [0.4, 0.5) is 5.95 Å². The van der Waals surface area contributed by atoms with Gasteiger partial charge in [-0.05, 0) is 18.2 Å². The third kappa shape index (κ3) is 4.12. The molecular formula is C15H13BrClN3O3S. The molecule has 1 aromatic carbocycles. The monoisotopic (exact) mass is 429 g/mol. The molecule has 1 unspecified atom stereocenters. The fourth-order valence-electron chi connectivity index (χ4n) is 2.63. The molecule has 9 heteroatoms. The van der Waals surface area contributed by atoms with Gasteiger partial charge in [0.15, 0.2) is 0 Å². The van der Waals surface area contributed by atoms with E-state index in [2.05, 4.69) is 25.9 Å². The van der Waals surface area contributed by atoms with Gasteiger partial charge in [0.2, 0.25) is 20.9 Å². The number of hydrogen-bond acceptors (Lipinski definition) is 5. The SMILES string of the molecule is O=C1CC(CS(=O)(=O)Cl)CN1c1nccc(-c2ccc(Br)cc2)n1. The fourth-order valence-corrected chi connectivity index (χ4v) is 4.21. The molecule has 0 N–H and O–H groups in total. The number of hydrogen-bond donors (Lipinski definition) is 0. The lowest BCUT2D eigenvalue weighted by molar-refractivity contribution is -0.117. The minimum absolute atomic E-state index is 0.123. The highest BCUT2D eigenvalue weighted by molar-refractivity contribution is 9.10. The second-order valence-corrected chi connectivity index (χ2v) is 9.27. The predicted molar refractivity (Wildman–Crippen MR) is 95.3 cm³/mol. The number of amides is 1. The molecular weight excluding hydrogens is 418 g/mol. The van der Waals surface area contributed by atoms with Crippen molar-refractivity contribution in [2.45, 2.75) is 6.42 Å². The lowest BCUT2D eigenvalue weighted by atomic mass is 10.1. The first-order chi connectivity index (χ1) is 11.3. The Morgan fingerprint density at radius 2 is 1.96 bits per heavy atom. The van der Waals surface area contributed by atoms with Crippen LogP contribution in [-0.2, 0) is 13.8 Å². The van der Waals surface area contributed by atoms with Crippen molar-refractivity contribution in [2.24, 2.45) is 5.92 Å². The summed E-state index contributed by atoms with van der Waals surface area (Å²) >= 11 is 3.38. The molecule has 1 atom stereocenters. The van der Waals surface area contributed by atoms with E-state index in [1.54, 1.807) is 12.3 Å². The van der Waals surface area contributed by atoms with Gasteiger partial charge in [0, 0.05) is 45.8 Å². The van der Waals surface area contributed by atoms with Gasteiger partial charge < -0.3 is 0 Å². The van der Waals surface area contributed by atoms with E-state index in [-0.39, 0.29) is 36.5 Å². The summed E-state index contributed by atoms with van der Waals surface area (Å²) in [6.07, 6.45) is 1.70. The van der Waals surface area contributed by atoms with Crippen LogP contribution >= 0.6 is 26.6 Å². The Labute approximate surface area is 152 Å². The topological polar surface area (TPSA) is 80.2 Å². The van der Waals surface area contributed by atoms with E-state index in [0.717, 1.165) is 10.0 Å². The van der Waals surface area contributed by atoms with E-state index in [1.807, 2.05) is 24.3 Å². The third-order valence-electron chi connectivity index (χ3n) is 3.66. The van der Waals surface area contributed by atoms with Crippen LogP contribution in [0.25, 0.3) is 11.3 Å². The summed E-state index contributed by atoms with van der Waals surface area (Å²) in [4.78, 5) is 22.2. The molecule has 1 aliphatic rings. The van der Waals surface area contributed by atoms with Crippen LogP contribution in [0.2, 0.25) is 0 Å². The van der Waals surface area contributed by atoms with Crippen LogP contribution in [0.1, 0.15) is 6.42 Å². The highest BCUT2D eigenvalue weighted by Crippen LogP contribution is 2.26. The van der Waals surface area contributed by atoms with Gasteiger partial charge in [0.1, 0.15) is 0 Å². The first kappa shape index (κ1) is 17.3. The number of benzene rings is 1. The zero-order valence-electron chi connectivity index (χ0n) is 12.4. The average molecular weight is 431 g/mol.